The van der Waals surface area contributed by atoms with Gasteiger partial charge in [-0.15, -0.1) is 0 Å². The zero-order valence-corrected chi connectivity index (χ0v) is 12.2. The average molecular weight is 325 g/mol. The van der Waals surface area contributed by atoms with Crippen molar-refractivity contribution >= 4 is 15.9 Å². The summed E-state index contributed by atoms with van der Waals surface area (Å²) in [5.41, 5.74) is 0.946. The van der Waals surface area contributed by atoms with Gasteiger partial charge in [-0.05, 0) is 54.2 Å². The van der Waals surface area contributed by atoms with E-state index in [9.17, 15) is 4.39 Å². The lowest BCUT2D eigenvalue weighted by Crippen LogP contribution is -2.13. The van der Waals surface area contributed by atoms with E-state index in [1.807, 2.05) is 26.1 Å². The molecule has 0 fully saturated rings. The van der Waals surface area contributed by atoms with E-state index in [0.717, 1.165) is 5.56 Å². The number of pyridine rings is 1. The van der Waals surface area contributed by atoms with Gasteiger partial charge in [0.2, 0.25) is 5.88 Å². The van der Waals surface area contributed by atoms with Crippen molar-refractivity contribution < 1.29 is 9.13 Å². The smallest absolute Gasteiger partial charge is 0.224 e. The van der Waals surface area contributed by atoms with Crippen molar-refractivity contribution in [2.45, 2.75) is 13.0 Å². The van der Waals surface area contributed by atoms with Gasteiger partial charge in [-0.25, -0.2) is 9.37 Å². The monoisotopic (exact) mass is 324 g/mol. The second-order valence-electron chi connectivity index (χ2n) is 4.08. The van der Waals surface area contributed by atoms with Crippen LogP contribution >= 0.6 is 15.9 Å². The highest BCUT2D eigenvalue weighted by Crippen LogP contribution is 2.32. The van der Waals surface area contributed by atoms with E-state index < -0.39 is 0 Å². The molecule has 0 saturated carbocycles. The molecule has 0 spiro atoms. The standard InChI is InChI=1S/C14H14BrFN2O/c1-9(17-2)11-4-3-7-18-14(11)19-13-6-5-10(16)8-12(13)15/h3-9,17H,1-2H3. The SMILES string of the molecule is CNC(C)c1cccnc1Oc1ccc(F)cc1Br. The molecular formula is C14H14BrFN2O. The van der Waals surface area contributed by atoms with Gasteiger partial charge < -0.3 is 10.1 Å². The summed E-state index contributed by atoms with van der Waals surface area (Å²) in [7, 11) is 1.87. The van der Waals surface area contributed by atoms with Crippen LogP contribution in [-0.2, 0) is 0 Å². The number of benzene rings is 1. The highest BCUT2D eigenvalue weighted by molar-refractivity contribution is 9.10. The van der Waals surface area contributed by atoms with Crippen molar-refractivity contribution in [2.24, 2.45) is 0 Å². The van der Waals surface area contributed by atoms with Crippen molar-refractivity contribution in [2.75, 3.05) is 7.05 Å². The zero-order valence-electron chi connectivity index (χ0n) is 10.7. The Morgan fingerprint density at radius 2 is 2.16 bits per heavy atom. The summed E-state index contributed by atoms with van der Waals surface area (Å²) in [6.07, 6.45) is 1.67. The number of hydrogen-bond donors (Lipinski definition) is 1. The molecule has 5 heteroatoms. The number of ether oxygens (including phenoxy) is 1. The molecule has 100 valence electrons. The van der Waals surface area contributed by atoms with E-state index in [1.54, 1.807) is 12.3 Å². The minimum absolute atomic E-state index is 0.114. The summed E-state index contributed by atoms with van der Waals surface area (Å²) in [5, 5.41) is 3.14. The van der Waals surface area contributed by atoms with Gasteiger partial charge in [0.1, 0.15) is 11.6 Å². The third-order valence-electron chi connectivity index (χ3n) is 2.80. The fourth-order valence-electron chi connectivity index (χ4n) is 1.64. The molecule has 2 rings (SSSR count). The first-order valence-electron chi connectivity index (χ1n) is 5.87. The first kappa shape index (κ1) is 14.0. The van der Waals surface area contributed by atoms with Gasteiger partial charge in [-0.1, -0.05) is 6.07 Å². The summed E-state index contributed by atoms with van der Waals surface area (Å²) >= 11 is 3.27. The van der Waals surface area contributed by atoms with Gasteiger partial charge >= 0.3 is 0 Å². The molecule has 1 heterocycles. The Hall–Kier alpha value is -1.46. The molecule has 3 nitrogen and oxygen atoms in total. The Morgan fingerprint density at radius 3 is 2.84 bits per heavy atom. The van der Waals surface area contributed by atoms with Crippen molar-refractivity contribution in [1.82, 2.24) is 10.3 Å². The summed E-state index contributed by atoms with van der Waals surface area (Å²) in [6.45, 7) is 2.02. The van der Waals surface area contributed by atoms with Crippen LogP contribution in [0.2, 0.25) is 0 Å². The summed E-state index contributed by atoms with van der Waals surface area (Å²) in [6, 6.07) is 8.20. The molecule has 0 radical (unpaired) electrons. The lowest BCUT2D eigenvalue weighted by molar-refractivity contribution is 0.443. The van der Waals surface area contributed by atoms with Gasteiger partial charge in [-0.2, -0.15) is 0 Å². The van der Waals surface area contributed by atoms with Gasteiger partial charge in [0.05, 0.1) is 4.47 Å². The van der Waals surface area contributed by atoms with Crippen LogP contribution in [0.5, 0.6) is 11.6 Å². The maximum Gasteiger partial charge on any atom is 0.224 e. The Labute approximate surface area is 119 Å². The van der Waals surface area contributed by atoms with Gasteiger partial charge in [0.15, 0.2) is 0 Å². The highest BCUT2D eigenvalue weighted by atomic mass is 79.9. The predicted molar refractivity (Wildman–Crippen MR) is 75.9 cm³/mol. The molecule has 1 aromatic carbocycles. The largest absolute Gasteiger partial charge is 0.437 e. The van der Waals surface area contributed by atoms with Crippen LogP contribution in [0, 0.1) is 5.82 Å². The van der Waals surface area contributed by atoms with E-state index in [2.05, 4.69) is 26.2 Å². The van der Waals surface area contributed by atoms with Crippen molar-refractivity contribution in [1.29, 1.82) is 0 Å². The van der Waals surface area contributed by atoms with Crippen molar-refractivity contribution in [3.63, 3.8) is 0 Å². The Bertz CT molecular complexity index is 577. The third kappa shape index (κ3) is 3.30. The Kier molecular flexibility index (Phi) is 4.50. The molecule has 2 aromatic rings. The van der Waals surface area contributed by atoms with E-state index in [4.69, 9.17) is 4.74 Å². The molecule has 19 heavy (non-hydrogen) atoms. The van der Waals surface area contributed by atoms with Gasteiger partial charge in [0, 0.05) is 17.8 Å². The van der Waals surface area contributed by atoms with Crippen LogP contribution in [0.3, 0.4) is 0 Å². The second kappa shape index (κ2) is 6.12. The molecule has 0 bridgehead atoms. The average Bonchev–Trinajstić information content (AvgIpc) is 2.41. The number of hydrogen-bond acceptors (Lipinski definition) is 3. The Balaban J connectivity index is 2.33. The minimum atomic E-state index is -0.316. The topological polar surface area (TPSA) is 34.2 Å². The fraction of sp³-hybridized carbons (Fsp3) is 0.214. The fourth-order valence-corrected chi connectivity index (χ4v) is 2.07. The molecule has 1 atom stereocenters. The molecule has 1 N–H and O–H groups in total. The minimum Gasteiger partial charge on any atom is -0.437 e. The number of nitrogens with one attached hydrogen (secondary N) is 1. The number of rotatable bonds is 4. The third-order valence-corrected chi connectivity index (χ3v) is 3.42. The van der Waals surface area contributed by atoms with Crippen LogP contribution in [-0.4, -0.2) is 12.0 Å². The summed E-state index contributed by atoms with van der Waals surface area (Å²) in [4.78, 5) is 4.23. The quantitative estimate of drug-likeness (QED) is 0.921. The van der Waals surface area contributed by atoms with Crippen LogP contribution < -0.4 is 10.1 Å². The maximum absolute atomic E-state index is 13.0. The number of nitrogens with zero attached hydrogens (tertiary/aromatic N) is 1. The molecular weight excluding hydrogens is 311 g/mol. The lowest BCUT2D eigenvalue weighted by Gasteiger charge is -2.15. The van der Waals surface area contributed by atoms with Crippen LogP contribution in [0.15, 0.2) is 41.0 Å². The summed E-state index contributed by atoms with van der Waals surface area (Å²) < 4.78 is 19.3. The van der Waals surface area contributed by atoms with E-state index in [1.165, 1.54) is 12.1 Å². The maximum atomic E-state index is 13.0. The number of halogens is 2. The molecule has 0 saturated heterocycles. The molecule has 0 amide bonds. The van der Waals surface area contributed by atoms with Crippen LogP contribution in [0.25, 0.3) is 0 Å². The Morgan fingerprint density at radius 1 is 1.37 bits per heavy atom. The van der Waals surface area contributed by atoms with Crippen molar-refractivity contribution in [3.8, 4) is 11.6 Å². The summed E-state index contributed by atoms with van der Waals surface area (Å²) in [5.74, 6) is 0.727. The van der Waals surface area contributed by atoms with Crippen molar-refractivity contribution in [3.05, 3.63) is 52.4 Å². The zero-order chi connectivity index (χ0) is 13.8. The first-order valence-corrected chi connectivity index (χ1v) is 6.66. The van der Waals surface area contributed by atoms with E-state index in [-0.39, 0.29) is 11.9 Å². The van der Waals surface area contributed by atoms with Crippen LogP contribution in [0.1, 0.15) is 18.5 Å². The molecule has 1 unspecified atom stereocenters. The number of aromatic nitrogens is 1. The second-order valence-corrected chi connectivity index (χ2v) is 4.94. The van der Waals surface area contributed by atoms with E-state index >= 15 is 0 Å². The first-order chi connectivity index (χ1) is 9.11. The highest BCUT2D eigenvalue weighted by Gasteiger charge is 2.13. The normalized spacial score (nSPS) is 12.2. The predicted octanol–water partition coefficient (Wildman–Crippen LogP) is 4.06. The molecule has 0 aliphatic heterocycles. The molecule has 0 aliphatic carbocycles. The van der Waals surface area contributed by atoms with Crippen LogP contribution in [0.4, 0.5) is 4.39 Å². The molecule has 0 aliphatic rings. The lowest BCUT2D eigenvalue weighted by atomic mass is 10.1. The van der Waals surface area contributed by atoms with Gasteiger partial charge in [0.25, 0.3) is 0 Å². The van der Waals surface area contributed by atoms with E-state index in [0.29, 0.717) is 16.1 Å². The van der Waals surface area contributed by atoms with Gasteiger partial charge in [-0.3, -0.25) is 0 Å². The molecule has 1 aromatic heterocycles.